The molecule has 1 saturated heterocycles. The van der Waals surface area contributed by atoms with Crippen LogP contribution in [-0.2, 0) is 4.74 Å². The molecule has 5 heteroatoms. The molecule has 0 amide bonds. The Morgan fingerprint density at radius 3 is 2.43 bits per heavy atom. The number of piperidine rings is 1. The molecule has 21 heavy (non-hydrogen) atoms. The Kier molecular flexibility index (Phi) is 4.73. The van der Waals surface area contributed by atoms with Crippen molar-refractivity contribution >= 4 is 5.97 Å². The third-order valence-corrected chi connectivity index (χ3v) is 3.99. The number of hydrogen-bond donors (Lipinski definition) is 0. The number of carbonyl (C=O) groups is 1. The Labute approximate surface area is 125 Å². The van der Waals surface area contributed by atoms with E-state index in [0.29, 0.717) is 17.1 Å². The maximum Gasteiger partial charge on any atom is 0.337 e. The van der Waals surface area contributed by atoms with E-state index >= 15 is 0 Å². The molecule has 0 atom stereocenters. The fourth-order valence-corrected chi connectivity index (χ4v) is 2.46. The van der Waals surface area contributed by atoms with E-state index in [-0.39, 0.29) is 11.6 Å². The maximum atomic E-state index is 11.6. The molecule has 1 fully saturated rings. The van der Waals surface area contributed by atoms with Crippen LogP contribution in [0, 0.1) is 0 Å². The molecule has 0 N–H and O–H groups in total. The van der Waals surface area contributed by atoms with Gasteiger partial charge < -0.3 is 19.1 Å². The Balaban J connectivity index is 2.18. The van der Waals surface area contributed by atoms with Crippen LogP contribution in [0.2, 0.25) is 0 Å². The summed E-state index contributed by atoms with van der Waals surface area (Å²) in [7, 11) is 5.05. The zero-order chi connectivity index (χ0) is 15.5. The van der Waals surface area contributed by atoms with Crippen molar-refractivity contribution in [3.63, 3.8) is 0 Å². The van der Waals surface area contributed by atoms with Crippen LogP contribution < -0.4 is 9.47 Å². The minimum atomic E-state index is -0.384. The van der Waals surface area contributed by atoms with Gasteiger partial charge in [0.25, 0.3) is 0 Å². The van der Waals surface area contributed by atoms with E-state index in [2.05, 4.69) is 18.9 Å². The molecule has 1 heterocycles. The highest BCUT2D eigenvalue weighted by molar-refractivity contribution is 5.90. The van der Waals surface area contributed by atoms with Crippen LogP contribution in [0.3, 0.4) is 0 Å². The van der Waals surface area contributed by atoms with Crippen molar-refractivity contribution in [2.45, 2.75) is 25.4 Å². The molecule has 0 aliphatic carbocycles. The molecule has 1 aliphatic rings. The lowest BCUT2D eigenvalue weighted by Crippen LogP contribution is -2.44. The molecule has 0 unspecified atom stereocenters. The molecule has 5 nitrogen and oxygen atoms in total. The van der Waals surface area contributed by atoms with Gasteiger partial charge in [-0.3, -0.25) is 0 Å². The van der Waals surface area contributed by atoms with Crippen LogP contribution in [0.4, 0.5) is 0 Å². The van der Waals surface area contributed by atoms with Gasteiger partial charge in [-0.05, 0) is 45.0 Å². The predicted octanol–water partition coefficient (Wildman–Crippen LogP) is 2.34. The van der Waals surface area contributed by atoms with Gasteiger partial charge in [-0.1, -0.05) is 0 Å². The van der Waals surface area contributed by atoms with Crippen molar-refractivity contribution in [2.24, 2.45) is 0 Å². The number of esters is 1. The number of likely N-dealkylation sites (tertiary alicyclic amines) is 1. The molecule has 2 rings (SSSR count). The summed E-state index contributed by atoms with van der Waals surface area (Å²) >= 11 is 0. The summed E-state index contributed by atoms with van der Waals surface area (Å²) in [6.45, 7) is 4.14. The number of hydrogen-bond acceptors (Lipinski definition) is 5. The highest BCUT2D eigenvalue weighted by Crippen LogP contribution is 2.34. The van der Waals surface area contributed by atoms with E-state index in [1.807, 2.05) is 0 Å². The molecule has 1 aromatic rings. The van der Waals surface area contributed by atoms with Gasteiger partial charge in [0.1, 0.15) is 5.60 Å². The molecule has 116 valence electrons. The Bertz CT molecular complexity index is 507. The van der Waals surface area contributed by atoms with Gasteiger partial charge in [-0.15, -0.1) is 0 Å². The Hall–Kier alpha value is -1.75. The monoisotopic (exact) mass is 293 g/mol. The van der Waals surface area contributed by atoms with E-state index in [1.54, 1.807) is 25.3 Å². The van der Waals surface area contributed by atoms with Crippen molar-refractivity contribution in [3.8, 4) is 11.5 Å². The third kappa shape index (κ3) is 3.67. The number of nitrogens with zero attached hydrogens (tertiary/aromatic N) is 1. The minimum absolute atomic E-state index is 0.202. The Morgan fingerprint density at radius 1 is 1.19 bits per heavy atom. The molecule has 1 aliphatic heterocycles. The quantitative estimate of drug-likeness (QED) is 0.798. The predicted molar refractivity (Wildman–Crippen MR) is 80.1 cm³/mol. The van der Waals surface area contributed by atoms with Crippen LogP contribution in [0.25, 0.3) is 0 Å². The minimum Gasteiger partial charge on any atom is -0.493 e. The largest absolute Gasteiger partial charge is 0.493 e. The van der Waals surface area contributed by atoms with E-state index in [4.69, 9.17) is 14.2 Å². The molecule has 0 spiro atoms. The lowest BCUT2D eigenvalue weighted by atomic mass is 9.93. The van der Waals surface area contributed by atoms with Gasteiger partial charge >= 0.3 is 5.97 Å². The number of rotatable bonds is 4. The van der Waals surface area contributed by atoms with Gasteiger partial charge in [-0.2, -0.15) is 0 Å². The fraction of sp³-hybridized carbons (Fsp3) is 0.562. The first-order valence-electron chi connectivity index (χ1n) is 7.11. The van der Waals surface area contributed by atoms with Gasteiger partial charge in [0.15, 0.2) is 11.5 Å². The summed E-state index contributed by atoms with van der Waals surface area (Å²) in [6, 6.07) is 5.12. The highest BCUT2D eigenvalue weighted by atomic mass is 16.5. The molecular weight excluding hydrogens is 270 g/mol. The summed E-state index contributed by atoms with van der Waals surface area (Å²) in [4.78, 5) is 13.9. The first-order valence-corrected chi connectivity index (χ1v) is 7.11. The number of benzene rings is 1. The van der Waals surface area contributed by atoms with Crippen LogP contribution in [-0.4, -0.2) is 50.8 Å². The zero-order valence-corrected chi connectivity index (χ0v) is 13.1. The number of ether oxygens (including phenoxy) is 3. The van der Waals surface area contributed by atoms with Crippen LogP contribution >= 0.6 is 0 Å². The average Bonchev–Trinajstić information content (AvgIpc) is 2.50. The van der Waals surface area contributed by atoms with Crippen molar-refractivity contribution < 1.29 is 19.0 Å². The topological polar surface area (TPSA) is 48.0 Å². The summed E-state index contributed by atoms with van der Waals surface area (Å²) in [5.74, 6) is 0.834. The molecular formula is C16H23NO4. The van der Waals surface area contributed by atoms with E-state index in [1.165, 1.54) is 7.11 Å². The van der Waals surface area contributed by atoms with Crippen molar-refractivity contribution in [3.05, 3.63) is 23.8 Å². The molecule has 0 bridgehead atoms. The standard InChI is InChI=1S/C16H23NO4/c1-16(7-9-17(2)10-8-16)21-13-6-5-12(15(18)20-4)11-14(13)19-3/h5-6,11H,7-10H2,1-4H3. The SMILES string of the molecule is COC(=O)c1ccc(OC2(C)CCN(C)CC2)c(OC)c1. The van der Waals surface area contributed by atoms with E-state index < -0.39 is 0 Å². The van der Waals surface area contributed by atoms with Gasteiger partial charge in [0.2, 0.25) is 0 Å². The normalized spacial score (nSPS) is 18.1. The molecule has 0 saturated carbocycles. The lowest BCUT2D eigenvalue weighted by Gasteiger charge is -2.38. The second-order valence-corrected chi connectivity index (χ2v) is 5.71. The number of carbonyl (C=O) groups excluding carboxylic acids is 1. The van der Waals surface area contributed by atoms with Crippen molar-refractivity contribution in [1.29, 1.82) is 0 Å². The maximum absolute atomic E-state index is 11.6. The summed E-state index contributed by atoms with van der Waals surface area (Å²) in [6.07, 6.45) is 1.93. The van der Waals surface area contributed by atoms with Gasteiger partial charge in [0, 0.05) is 13.1 Å². The second-order valence-electron chi connectivity index (χ2n) is 5.71. The van der Waals surface area contributed by atoms with Gasteiger partial charge in [0.05, 0.1) is 19.8 Å². The molecule has 0 radical (unpaired) electrons. The first kappa shape index (κ1) is 15.6. The third-order valence-electron chi connectivity index (χ3n) is 3.99. The average molecular weight is 293 g/mol. The molecule has 1 aromatic carbocycles. The van der Waals surface area contributed by atoms with Crippen molar-refractivity contribution in [1.82, 2.24) is 4.90 Å². The summed E-state index contributed by atoms with van der Waals surface area (Å²) in [5.41, 5.74) is 0.252. The van der Waals surface area contributed by atoms with Crippen LogP contribution in [0.1, 0.15) is 30.1 Å². The fourth-order valence-electron chi connectivity index (χ4n) is 2.46. The first-order chi connectivity index (χ1) is 9.97. The van der Waals surface area contributed by atoms with Crippen LogP contribution in [0.15, 0.2) is 18.2 Å². The van der Waals surface area contributed by atoms with Gasteiger partial charge in [-0.25, -0.2) is 4.79 Å². The highest BCUT2D eigenvalue weighted by Gasteiger charge is 2.31. The molecule has 0 aromatic heterocycles. The Morgan fingerprint density at radius 2 is 1.86 bits per heavy atom. The lowest BCUT2D eigenvalue weighted by molar-refractivity contribution is 0.0220. The summed E-state index contributed by atoms with van der Waals surface area (Å²) < 4.78 is 16.2. The smallest absolute Gasteiger partial charge is 0.337 e. The second kappa shape index (κ2) is 6.35. The van der Waals surface area contributed by atoms with Crippen molar-refractivity contribution in [2.75, 3.05) is 34.4 Å². The van der Waals surface area contributed by atoms with E-state index in [0.717, 1.165) is 25.9 Å². The number of methoxy groups -OCH3 is 2. The zero-order valence-electron chi connectivity index (χ0n) is 13.1. The van der Waals surface area contributed by atoms with E-state index in [9.17, 15) is 4.79 Å². The van der Waals surface area contributed by atoms with Crippen LogP contribution in [0.5, 0.6) is 11.5 Å². The summed E-state index contributed by atoms with van der Waals surface area (Å²) in [5, 5.41) is 0.